The summed E-state index contributed by atoms with van der Waals surface area (Å²) in [6.07, 6.45) is 3.71. The molecule has 0 aromatic heterocycles. The van der Waals surface area contributed by atoms with Gasteiger partial charge in [0.1, 0.15) is 6.07 Å². The summed E-state index contributed by atoms with van der Waals surface area (Å²) in [5.41, 5.74) is -0.0866. The Morgan fingerprint density at radius 1 is 1.64 bits per heavy atom. The molecule has 1 fully saturated rings. The van der Waals surface area contributed by atoms with Crippen LogP contribution in [-0.2, 0) is 4.79 Å². The van der Waals surface area contributed by atoms with Crippen LogP contribution in [0.15, 0.2) is 11.0 Å². The van der Waals surface area contributed by atoms with Gasteiger partial charge in [-0.25, -0.2) is 0 Å². The molecule has 2 atom stereocenters. The van der Waals surface area contributed by atoms with E-state index in [1.54, 1.807) is 0 Å². The van der Waals surface area contributed by atoms with Gasteiger partial charge in [0.2, 0.25) is 5.24 Å². The highest BCUT2D eigenvalue weighted by atomic mass is 35.5. The average molecular weight is 230 g/mol. The van der Waals surface area contributed by atoms with E-state index in [2.05, 4.69) is 6.07 Å². The number of carbonyl (C=O) groups excluding carboxylic acids is 1. The summed E-state index contributed by atoms with van der Waals surface area (Å²) in [6, 6.07) is 2.09. The van der Waals surface area contributed by atoms with Gasteiger partial charge in [0, 0.05) is 5.92 Å². The Kier molecular flexibility index (Phi) is 3.28. The van der Waals surface area contributed by atoms with Gasteiger partial charge in [-0.3, -0.25) is 4.79 Å². The Hall–Kier alpha value is -0.460. The normalized spacial score (nSPS) is 29.5. The number of hydrogen-bond acceptors (Lipinski definition) is 3. The van der Waals surface area contributed by atoms with Crippen LogP contribution < -0.4 is 0 Å². The Morgan fingerprint density at radius 3 is 2.50 bits per heavy atom. The van der Waals surface area contributed by atoms with E-state index in [9.17, 15) is 4.79 Å². The third kappa shape index (κ3) is 1.97. The van der Waals surface area contributed by atoms with E-state index in [0.29, 0.717) is 4.91 Å². The van der Waals surface area contributed by atoms with E-state index >= 15 is 0 Å². The minimum absolute atomic E-state index is 0.0866. The van der Waals surface area contributed by atoms with Crippen LogP contribution in [0.4, 0.5) is 0 Å². The van der Waals surface area contributed by atoms with Crippen LogP contribution in [0, 0.1) is 28.6 Å². The van der Waals surface area contributed by atoms with Crippen LogP contribution in [0.3, 0.4) is 0 Å². The number of nitriles is 1. The van der Waals surface area contributed by atoms with Crippen LogP contribution in [0.2, 0.25) is 0 Å². The van der Waals surface area contributed by atoms with Gasteiger partial charge in [-0.1, -0.05) is 19.9 Å². The molecule has 0 spiro atoms. The quantitative estimate of drug-likeness (QED) is 0.552. The fourth-order valence-electron chi connectivity index (χ4n) is 1.74. The molecule has 0 unspecified atom stereocenters. The van der Waals surface area contributed by atoms with E-state index in [0.717, 1.165) is 0 Å². The molecule has 1 rings (SSSR count). The van der Waals surface area contributed by atoms with E-state index in [1.807, 2.05) is 26.2 Å². The molecule has 0 bridgehead atoms. The summed E-state index contributed by atoms with van der Waals surface area (Å²) in [4.78, 5) is 11.7. The van der Waals surface area contributed by atoms with Gasteiger partial charge in [0.15, 0.2) is 0 Å². The van der Waals surface area contributed by atoms with Crippen molar-refractivity contribution in [2.45, 2.75) is 13.8 Å². The molecule has 0 amide bonds. The highest BCUT2D eigenvalue weighted by molar-refractivity contribution is 8.02. The summed E-state index contributed by atoms with van der Waals surface area (Å²) < 4.78 is 0. The Balaban J connectivity index is 2.80. The zero-order valence-electron chi connectivity index (χ0n) is 8.37. The molecular formula is C10H12ClNOS. The van der Waals surface area contributed by atoms with Crippen molar-refractivity contribution in [2.75, 3.05) is 6.26 Å². The first-order valence-corrected chi connectivity index (χ1v) is 5.90. The van der Waals surface area contributed by atoms with E-state index in [-0.39, 0.29) is 22.5 Å². The zero-order valence-corrected chi connectivity index (χ0v) is 9.95. The van der Waals surface area contributed by atoms with Crippen molar-refractivity contribution in [3.63, 3.8) is 0 Å². The number of allylic oxidation sites excluding steroid dienone is 2. The fraction of sp³-hybridized carbons (Fsp3) is 0.600. The molecule has 4 heteroatoms. The summed E-state index contributed by atoms with van der Waals surface area (Å²) in [7, 11) is 0. The van der Waals surface area contributed by atoms with Crippen molar-refractivity contribution in [2.24, 2.45) is 17.3 Å². The van der Waals surface area contributed by atoms with Gasteiger partial charge < -0.3 is 0 Å². The third-order valence-electron chi connectivity index (χ3n) is 2.82. The lowest BCUT2D eigenvalue weighted by molar-refractivity contribution is -0.113. The molecule has 0 heterocycles. The Labute approximate surface area is 93.3 Å². The molecular weight excluding hydrogens is 218 g/mol. The van der Waals surface area contributed by atoms with Gasteiger partial charge in [-0.15, -0.1) is 11.8 Å². The fourth-order valence-corrected chi connectivity index (χ4v) is 2.53. The van der Waals surface area contributed by atoms with Crippen molar-refractivity contribution >= 4 is 28.6 Å². The Bertz CT molecular complexity index is 330. The van der Waals surface area contributed by atoms with Crippen LogP contribution in [0.1, 0.15) is 13.8 Å². The number of carbonyl (C=O) groups is 1. The predicted molar refractivity (Wildman–Crippen MR) is 58.8 cm³/mol. The monoisotopic (exact) mass is 229 g/mol. The molecule has 1 saturated carbocycles. The minimum Gasteiger partial charge on any atom is -0.281 e. The number of halogens is 1. The van der Waals surface area contributed by atoms with Crippen molar-refractivity contribution in [3.8, 4) is 6.07 Å². The minimum atomic E-state index is -0.297. The van der Waals surface area contributed by atoms with Crippen molar-refractivity contribution < 1.29 is 4.79 Å². The lowest BCUT2D eigenvalue weighted by Gasteiger charge is -1.97. The maximum atomic E-state index is 11.0. The molecule has 0 saturated heterocycles. The second kappa shape index (κ2) is 3.96. The van der Waals surface area contributed by atoms with E-state index < -0.39 is 0 Å². The van der Waals surface area contributed by atoms with Crippen LogP contribution in [0.5, 0.6) is 0 Å². The maximum Gasteiger partial charge on any atom is 0.225 e. The van der Waals surface area contributed by atoms with Gasteiger partial charge in [0.25, 0.3) is 0 Å². The van der Waals surface area contributed by atoms with E-state index in [4.69, 9.17) is 16.9 Å². The third-order valence-corrected chi connectivity index (χ3v) is 3.72. The summed E-state index contributed by atoms with van der Waals surface area (Å²) in [5, 5.41) is 8.44. The highest BCUT2D eigenvalue weighted by Crippen LogP contribution is 2.60. The molecule has 0 aromatic rings. The first kappa shape index (κ1) is 11.6. The molecule has 14 heavy (non-hydrogen) atoms. The van der Waals surface area contributed by atoms with Crippen LogP contribution in [-0.4, -0.2) is 11.5 Å². The van der Waals surface area contributed by atoms with E-state index in [1.165, 1.54) is 11.8 Å². The SMILES string of the molecule is CSC(C#N)=C[C@@H]1[C@@H](C(=O)Cl)C1(C)C. The molecule has 1 aliphatic rings. The summed E-state index contributed by atoms with van der Waals surface area (Å²) in [6.45, 7) is 3.99. The van der Waals surface area contributed by atoms with Gasteiger partial charge in [-0.05, 0) is 29.2 Å². The van der Waals surface area contributed by atoms with Gasteiger partial charge in [-0.2, -0.15) is 5.26 Å². The first-order valence-electron chi connectivity index (χ1n) is 4.30. The lowest BCUT2D eigenvalue weighted by atomic mass is 10.1. The van der Waals surface area contributed by atoms with Crippen molar-refractivity contribution in [3.05, 3.63) is 11.0 Å². The Morgan fingerprint density at radius 2 is 2.21 bits per heavy atom. The molecule has 0 radical (unpaired) electrons. The first-order chi connectivity index (χ1) is 6.45. The number of nitrogens with zero attached hydrogens (tertiary/aromatic N) is 1. The molecule has 0 N–H and O–H groups in total. The zero-order chi connectivity index (χ0) is 10.9. The molecule has 0 aromatic carbocycles. The largest absolute Gasteiger partial charge is 0.281 e. The standard InChI is InChI=1S/C10H12ClNOS/c1-10(2)7(8(10)9(11)13)4-6(5-12)14-3/h4,7-8H,1-3H3/t7-,8+/m1/s1. The van der Waals surface area contributed by atoms with Crippen molar-refractivity contribution in [1.82, 2.24) is 0 Å². The lowest BCUT2D eigenvalue weighted by Crippen LogP contribution is -1.96. The highest BCUT2D eigenvalue weighted by Gasteiger charge is 2.60. The van der Waals surface area contributed by atoms with Gasteiger partial charge >= 0.3 is 0 Å². The molecule has 76 valence electrons. The number of hydrogen-bond donors (Lipinski definition) is 0. The second-order valence-corrected chi connectivity index (χ2v) is 5.20. The molecule has 1 aliphatic carbocycles. The molecule has 2 nitrogen and oxygen atoms in total. The second-order valence-electron chi connectivity index (χ2n) is 3.98. The van der Waals surface area contributed by atoms with Crippen molar-refractivity contribution in [1.29, 1.82) is 5.26 Å². The summed E-state index contributed by atoms with van der Waals surface area (Å²) in [5.74, 6) is -0.00531. The topological polar surface area (TPSA) is 40.9 Å². The smallest absolute Gasteiger partial charge is 0.225 e. The maximum absolute atomic E-state index is 11.0. The van der Waals surface area contributed by atoms with Gasteiger partial charge in [0.05, 0.1) is 4.91 Å². The average Bonchev–Trinajstić information content (AvgIpc) is 2.63. The predicted octanol–water partition coefficient (Wildman–Crippen LogP) is 2.79. The van der Waals surface area contributed by atoms with Crippen LogP contribution >= 0.6 is 23.4 Å². The number of rotatable bonds is 3. The number of thioether (sulfide) groups is 1. The summed E-state index contributed by atoms with van der Waals surface area (Å²) >= 11 is 6.86. The molecule has 0 aliphatic heterocycles. The van der Waals surface area contributed by atoms with Crippen LogP contribution in [0.25, 0.3) is 0 Å².